The number of aromatic nitrogens is 1. The molecule has 0 bridgehead atoms. The van der Waals surface area contributed by atoms with Gasteiger partial charge < -0.3 is 4.57 Å². The van der Waals surface area contributed by atoms with Crippen molar-refractivity contribution in [2.45, 2.75) is 6.54 Å². The number of rotatable bonds is 2. The van der Waals surface area contributed by atoms with Crippen molar-refractivity contribution < 1.29 is 9.18 Å². The molecule has 0 N–H and O–H groups in total. The maximum absolute atomic E-state index is 13.4. The fourth-order valence-electron chi connectivity index (χ4n) is 2.18. The van der Waals surface area contributed by atoms with Gasteiger partial charge in [0, 0.05) is 5.02 Å². The quantitative estimate of drug-likeness (QED) is 0.603. The molecule has 3 rings (SSSR count). The van der Waals surface area contributed by atoms with Crippen LogP contribution in [-0.2, 0) is 6.54 Å². The predicted molar refractivity (Wildman–Crippen MR) is 95.0 cm³/mol. The fraction of sp³-hybridized carbons (Fsp3) is 0.0588. The number of amides is 1. The molecule has 3 nitrogen and oxygen atoms in total. The van der Waals surface area contributed by atoms with E-state index in [9.17, 15) is 9.18 Å². The van der Waals surface area contributed by atoms with Crippen LogP contribution in [0.5, 0.6) is 0 Å². The normalized spacial score (nSPS) is 11.7. The zero-order valence-corrected chi connectivity index (χ0v) is 14.4. The molecule has 0 radical (unpaired) electrons. The molecule has 24 heavy (non-hydrogen) atoms. The molecule has 0 fully saturated rings. The summed E-state index contributed by atoms with van der Waals surface area (Å²) in [6.07, 6.45) is 5.39. The summed E-state index contributed by atoms with van der Waals surface area (Å²) in [5.41, 5.74) is 0.906. The van der Waals surface area contributed by atoms with E-state index in [1.54, 1.807) is 16.7 Å². The highest BCUT2D eigenvalue weighted by Crippen LogP contribution is 2.22. The standard InChI is InChI=1S/C17H9Cl2FN2OS/c1-2-7-22-14-6-4-11(20)9-15(14)24-17(22)21-16(23)12-8-10(18)3-5-13(12)19/h1,3-6,8-9H,7H2. The van der Waals surface area contributed by atoms with Crippen molar-refractivity contribution in [3.05, 3.63) is 62.6 Å². The number of nitrogens with zero attached hydrogens (tertiary/aromatic N) is 2. The van der Waals surface area contributed by atoms with Gasteiger partial charge in [-0.3, -0.25) is 4.79 Å². The minimum atomic E-state index is -0.541. The Morgan fingerprint density at radius 2 is 2.08 bits per heavy atom. The lowest BCUT2D eigenvalue weighted by molar-refractivity contribution is 0.0998. The summed E-state index contributed by atoms with van der Waals surface area (Å²) in [6.45, 7) is 0.209. The lowest BCUT2D eigenvalue weighted by Crippen LogP contribution is -2.16. The number of terminal acetylenes is 1. The molecule has 0 aliphatic rings. The molecule has 0 aliphatic carbocycles. The van der Waals surface area contributed by atoms with Gasteiger partial charge in [0.2, 0.25) is 0 Å². The number of thiazole rings is 1. The molecule has 0 spiro atoms. The summed E-state index contributed by atoms with van der Waals surface area (Å²) in [7, 11) is 0. The van der Waals surface area contributed by atoms with Gasteiger partial charge >= 0.3 is 0 Å². The number of fused-ring (bicyclic) bond motifs is 1. The van der Waals surface area contributed by atoms with E-state index in [-0.39, 0.29) is 22.9 Å². The third kappa shape index (κ3) is 3.22. The summed E-state index contributed by atoms with van der Waals surface area (Å²) >= 11 is 13.1. The average molecular weight is 379 g/mol. The Hall–Kier alpha value is -2.13. The third-order valence-corrected chi connectivity index (χ3v) is 4.86. The lowest BCUT2D eigenvalue weighted by atomic mass is 10.2. The zero-order chi connectivity index (χ0) is 17.3. The van der Waals surface area contributed by atoms with Crippen LogP contribution in [0.3, 0.4) is 0 Å². The molecule has 0 atom stereocenters. The number of benzene rings is 2. The molecular weight excluding hydrogens is 370 g/mol. The minimum Gasteiger partial charge on any atom is -0.305 e. The Labute approximate surface area is 151 Å². The molecule has 0 saturated heterocycles. The molecule has 2 aromatic carbocycles. The highest BCUT2D eigenvalue weighted by atomic mass is 35.5. The Morgan fingerprint density at radius 1 is 1.29 bits per heavy atom. The van der Waals surface area contributed by atoms with Gasteiger partial charge in [-0.1, -0.05) is 40.5 Å². The van der Waals surface area contributed by atoms with Crippen LogP contribution in [0, 0.1) is 18.2 Å². The van der Waals surface area contributed by atoms with Gasteiger partial charge in [-0.25, -0.2) is 4.39 Å². The molecule has 1 heterocycles. The molecule has 0 saturated carbocycles. The maximum Gasteiger partial charge on any atom is 0.281 e. The Morgan fingerprint density at radius 3 is 2.83 bits per heavy atom. The highest BCUT2D eigenvalue weighted by Gasteiger charge is 2.12. The van der Waals surface area contributed by atoms with Crippen molar-refractivity contribution in [2.24, 2.45) is 4.99 Å². The number of hydrogen-bond donors (Lipinski definition) is 0. The van der Waals surface area contributed by atoms with Gasteiger partial charge in [-0.05, 0) is 36.4 Å². The van der Waals surface area contributed by atoms with Gasteiger partial charge in [-0.15, -0.1) is 6.42 Å². The molecule has 7 heteroatoms. The van der Waals surface area contributed by atoms with E-state index in [1.807, 2.05) is 0 Å². The van der Waals surface area contributed by atoms with Crippen molar-refractivity contribution in [3.8, 4) is 12.3 Å². The molecule has 0 aliphatic heterocycles. The SMILES string of the molecule is C#CCn1c(=NC(=O)c2cc(Cl)ccc2Cl)sc2cc(F)ccc21. The second-order valence-electron chi connectivity index (χ2n) is 4.83. The van der Waals surface area contributed by atoms with Crippen LogP contribution in [0.1, 0.15) is 10.4 Å². The van der Waals surface area contributed by atoms with Crippen LogP contribution in [0.4, 0.5) is 4.39 Å². The molecular formula is C17H9Cl2FN2OS. The van der Waals surface area contributed by atoms with Gasteiger partial charge in [0.25, 0.3) is 5.91 Å². The fourth-order valence-corrected chi connectivity index (χ4v) is 3.61. The number of halogens is 3. The second-order valence-corrected chi connectivity index (χ2v) is 6.68. The van der Waals surface area contributed by atoms with Gasteiger partial charge in [-0.2, -0.15) is 4.99 Å². The van der Waals surface area contributed by atoms with Crippen LogP contribution in [-0.4, -0.2) is 10.5 Å². The molecule has 1 aromatic heterocycles. The van der Waals surface area contributed by atoms with Crippen LogP contribution < -0.4 is 4.80 Å². The van der Waals surface area contributed by atoms with Crippen molar-refractivity contribution in [1.82, 2.24) is 4.57 Å². The summed E-state index contributed by atoms with van der Waals surface area (Å²) in [4.78, 5) is 16.9. The first-order valence-corrected chi connectivity index (χ1v) is 8.33. The first-order valence-electron chi connectivity index (χ1n) is 6.76. The number of hydrogen-bond acceptors (Lipinski definition) is 2. The van der Waals surface area contributed by atoms with E-state index in [2.05, 4.69) is 10.9 Å². The number of carbonyl (C=O) groups excluding carboxylic acids is 1. The van der Waals surface area contributed by atoms with E-state index in [1.165, 1.54) is 35.6 Å². The van der Waals surface area contributed by atoms with Gasteiger partial charge in [0.1, 0.15) is 5.82 Å². The molecule has 1 amide bonds. The smallest absolute Gasteiger partial charge is 0.281 e. The van der Waals surface area contributed by atoms with Crippen LogP contribution in [0.2, 0.25) is 10.0 Å². The first kappa shape index (κ1) is 16.7. The Kier molecular flexibility index (Phi) is 4.72. The minimum absolute atomic E-state index is 0.195. The average Bonchev–Trinajstić information content (AvgIpc) is 2.86. The summed E-state index contributed by atoms with van der Waals surface area (Å²) in [5, 5.41) is 0.636. The van der Waals surface area contributed by atoms with Crippen LogP contribution >= 0.6 is 34.5 Å². The molecule has 0 unspecified atom stereocenters. The Balaban J connectivity index is 2.19. The molecule has 120 valence electrons. The first-order chi connectivity index (χ1) is 11.5. The summed E-state index contributed by atoms with van der Waals surface area (Å²) in [5.74, 6) is 1.60. The third-order valence-electron chi connectivity index (χ3n) is 3.25. The van der Waals surface area contributed by atoms with E-state index in [0.717, 1.165) is 0 Å². The van der Waals surface area contributed by atoms with Crippen LogP contribution in [0.25, 0.3) is 10.2 Å². The number of carbonyl (C=O) groups is 1. The van der Waals surface area contributed by atoms with E-state index < -0.39 is 5.91 Å². The van der Waals surface area contributed by atoms with Gasteiger partial charge in [0.15, 0.2) is 4.80 Å². The van der Waals surface area contributed by atoms with Crippen LogP contribution in [0.15, 0.2) is 41.4 Å². The van der Waals surface area contributed by atoms with E-state index in [4.69, 9.17) is 29.6 Å². The second kappa shape index (κ2) is 6.78. The Bertz CT molecular complexity index is 1060. The summed E-state index contributed by atoms with van der Waals surface area (Å²) in [6, 6.07) is 8.89. The highest BCUT2D eigenvalue weighted by molar-refractivity contribution is 7.16. The largest absolute Gasteiger partial charge is 0.305 e. The van der Waals surface area contributed by atoms with E-state index >= 15 is 0 Å². The molecule has 3 aromatic rings. The van der Waals surface area contributed by atoms with Crippen molar-refractivity contribution >= 4 is 50.7 Å². The maximum atomic E-state index is 13.4. The zero-order valence-electron chi connectivity index (χ0n) is 12.1. The predicted octanol–water partition coefficient (Wildman–Crippen LogP) is 4.52. The topological polar surface area (TPSA) is 34.4 Å². The summed E-state index contributed by atoms with van der Waals surface area (Å²) < 4.78 is 15.7. The van der Waals surface area contributed by atoms with E-state index in [0.29, 0.717) is 20.0 Å². The van der Waals surface area contributed by atoms with Crippen molar-refractivity contribution in [3.63, 3.8) is 0 Å². The monoisotopic (exact) mass is 378 g/mol. The lowest BCUT2D eigenvalue weighted by Gasteiger charge is -2.01. The van der Waals surface area contributed by atoms with Gasteiger partial charge in [0.05, 0.1) is 27.3 Å². The van der Waals surface area contributed by atoms with Crippen molar-refractivity contribution in [2.75, 3.05) is 0 Å². The van der Waals surface area contributed by atoms with Crippen molar-refractivity contribution in [1.29, 1.82) is 0 Å².